The molecule has 1 fully saturated rings. The first-order chi connectivity index (χ1) is 8.16. The van der Waals surface area contributed by atoms with E-state index in [-0.39, 0.29) is 6.03 Å². The summed E-state index contributed by atoms with van der Waals surface area (Å²) < 4.78 is 1.05. The van der Waals surface area contributed by atoms with Crippen LogP contribution in [0.15, 0.2) is 22.7 Å². The Hall–Kier alpha value is -1.07. The van der Waals surface area contributed by atoms with Gasteiger partial charge in [-0.3, -0.25) is 0 Å². The van der Waals surface area contributed by atoms with Gasteiger partial charge in [0.15, 0.2) is 0 Å². The zero-order chi connectivity index (χ0) is 12.3. The summed E-state index contributed by atoms with van der Waals surface area (Å²) in [5, 5.41) is 6.14. The molecule has 5 heteroatoms. The van der Waals surface area contributed by atoms with Crippen molar-refractivity contribution in [2.75, 3.05) is 31.5 Å². The Morgan fingerprint density at radius 3 is 2.76 bits per heavy atom. The van der Waals surface area contributed by atoms with Crippen molar-refractivity contribution >= 4 is 27.6 Å². The molecule has 0 unspecified atom stereocenters. The number of aryl methyl sites for hydroxylation is 1. The van der Waals surface area contributed by atoms with E-state index in [1.807, 2.05) is 30.0 Å². The second kappa shape index (κ2) is 5.51. The zero-order valence-corrected chi connectivity index (χ0v) is 11.4. The van der Waals surface area contributed by atoms with Crippen LogP contribution in [0, 0.1) is 6.92 Å². The van der Waals surface area contributed by atoms with Crippen molar-refractivity contribution in [3.63, 3.8) is 0 Å². The van der Waals surface area contributed by atoms with Crippen molar-refractivity contribution in [2.45, 2.75) is 6.92 Å². The number of anilines is 1. The Morgan fingerprint density at radius 1 is 1.41 bits per heavy atom. The third kappa shape index (κ3) is 3.20. The fraction of sp³-hybridized carbons (Fsp3) is 0.417. The number of rotatable bonds is 1. The number of benzene rings is 1. The maximum absolute atomic E-state index is 11.9. The Morgan fingerprint density at radius 2 is 2.12 bits per heavy atom. The van der Waals surface area contributed by atoms with E-state index in [9.17, 15) is 4.79 Å². The van der Waals surface area contributed by atoms with Gasteiger partial charge < -0.3 is 15.5 Å². The van der Waals surface area contributed by atoms with Crippen molar-refractivity contribution in [1.82, 2.24) is 10.2 Å². The second-order valence-electron chi connectivity index (χ2n) is 4.13. The SMILES string of the molecule is Cc1cc(NC(=O)N2CCNCC2)ccc1Br. The molecule has 4 nitrogen and oxygen atoms in total. The zero-order valence-electron chi connectivity index (χ0n) is 9.79. The van der Waals surface area contributed by atoms with Crippen LogP contribution in [-0.4, -0.2) is 37.1 Å². The predicted octanol–water partition coefficient (Wildman–Crippen LogP) is 2.19. The number of nitrogens with one attached hydrogen (secondary N) is 2. The van der Waals surface area contributed by atoms with Crippen LogP contribution in [0.4, 0.5) is 10.5 Å². The highest BCUT2D eigenvalue weighted by Crippen LogP contribution is 2.20. The lowest BCUT2D eigenvalue weighted by atomic mass is 10.2. The maximum Gasteiger partial charge on any atom is 0.321 e. The molecule has 1 aromatic rings. The fourth-order valence-electron chi connectivity index (χ4n) is 1.79. The van der Waals surface area contributed by atoms with E-state index in [0.29, 0.717) is 0 Å². The third-order valence-corrected chi connectivity index (χ3v) is 3.70. The summed E-state index contributed by atoms with van der Waals surface area (Å²) in [5.41, 5.74) is 1.96. The van der Waals surface area contributed by atoms with Crippen LogP contribution >= 0.6 is 15.9 Å². The molecule has 92 valence electrons. The number of carbonyl (C=O) groups is 1. The molecule has 2 rings (SSSR count). The first kappa shape index (κ1) is 12.4. The van der Waals surface area contributed by atoms with Gasteiger partial charge in [0.05, 0.1) is 0 Å². The van der Waals surface area contributed by atoms with Gasteiger partial charge >= 0.3 is 6.03 Å². The van der Waals surface area contributed by atoms with Gasteiger partial charge in [0.1, 0.15) is 0 Å². The minimum absolute atomic E-state index is 0.0202. The van der Waals surface area contributed by atoms with Gasteiger partial charge in [0, 0.05) is 36.3 Å². The lowest BCUT2D eigenvalue weighted by Crippen LogP contribution is -2.48. The van der Waals surface area contributed by atoms with E-state index in [0.717, 1.165) is 41.9 Å². The molecule has 0 atom stereocenters. The molecular weight excluding hydrogens is 282 g/mol. The van der Waals surface area contributed by atoms with Crippen molar-refractivity contribution in [2.24, 2.45) is 0 Å². The normalized spacial score (nSPS) is 15.8. The summed E-state index contributed by atoms with van der Waals surface area (Å²) in [4.78, 5) is 13.8. The van der Waals surface area contributed by atoms with E-state index in [2.05, 4.69) is 26.6 Å². The van der Waals surface area contributed by atoms with Gasteiger partial charge in [-0.1, -0.05) is 15.9 Å². The molecule has 0 spiro atoms. The van der Waals surface area contributed by atoms with Gasteiger partial charge in [-0.05, 0) is 30.7 Å². The van der Waals surface area contributed by atoms with Gasteiger partial charge in [0.2, 0.25) is 0 Å². The smallest absolute Gasteiger partial charge is 0.321 e. The van der Waals surface area contributed by atoms with Crippen LogP contribution < -0.4 is 10.6 Å². The number of carbonyl (C=O) groups excluding carboxylic acids is 1. The largest absolute Gasteiger partial charge is 0.322 e. The molecule has 0 bridgehead atoms. The van der Waals surface area contributed by atoms with Crippen molar-refractivity contribution in [1.29, 1.82) is 0 Å². The molecule has 2 N–H and O–H groups in total. The van der Waals surface area contributed by atoms with Crippen LogP contribution in [0.3, 0.4) is 0 Å². The van der Waals surface area contributed by atoms with Gasteiger partial charge in [0.25, 0.3) is 0 Å². The molecule has 1 heterocycles. The standard InChI is InChI=1S/C12H16BrN3O/c1-9-8-10(2-3-11(9)13)15-12(17)16-6-4-14-5-7-16/h2-3,8,14H,4-7H2,1H3,(H,15,17). The number of piperazine rings is 1. The highest BCUT2D eigenvalue weighted by atomic mass is 79.9. The molecule has 1 aliphatic heterocycles. The highest BCUT2D eigenvalue weighted by molar-refractivity contribution is 9.10. The number of hydrogen-bond acceptors (Lipinski definition) is 2. The maximum atomic E-state index is 11.9. The topological polar surface area (TPSA) is 44.4 Å². The molecule has 1 aromatic carbocycles. The monoisotopic (exact) mass is 297 g/mol. The van der Waals surface area contributed by atoms with Gasteiger partial charge in [-0.25, -0.2) is 4.79 Å². The summed E-state index contributed by atoms with van der Waals surface area (Å²) in [6.07, 6.45) is 0. The lowest BCUT2D eigenvalue weighted by molar-refractivity contribution is 0.204. The summed E-state index contributed by atoms with van der Waals surface area (Å²) in [6.45, 7) is 5.27. The summed E-state index contributed by atoms with van der Waals surface area (Å²) in [6, 6.07) is 5.79. The Balaban J connectivity index is 1.99. The number of hydrogen-bond donors (Lipinski definition) is 2. The average Bonchev–Trinajstić information content (AvgIpc) is 2.35. The highest BCUT2D eigenvalue weighted by Gasteiger charge is 2.15. The van der Waals surface area contributed by atoms with E-state index in [1.165, 1.54) is 0 Å². The molecule has 2 amide bonds. The lowest BCUT2D eigenvalue weighted by Gasteiger charge is -2.27. The molecule has 1 aliphatic rings. The first-order valence-corrected chi connectivity index (χ1v) is 6.49. The number of halogens is 1. The number of amides is 2. The second-order valence-corrected chi connectivity index (χ2v) is 4.99. The minimum atomic E-state index is -0.0202. The van der Waals surface area contributed by atoms with E-state index in [4.69, 9.17) is 0 Å². The van der Waals surface area contributed by atoms with Crippen LogP contribution in [0.1, 0.15) is 5.56 Å². The number of nitrogens with zero attached hydrogens (tertiary/aromatic N) is 1. The Labute approximate surface area is 110 Å². The molecule has 1 saturated heterocycles. The molecule has 17 heavy (non-hydrogen) atoms. The summed E-state index contributed by atoms with van der Waals surface area (Å²) in [5.74, 6) is 0. The quantitative estimate of drug-likeness (QED) is 0.835. The van der Waals surface area contributed by atoms with Crippen LogP contribution in [0.5, 0.6) is 0 Å². The van der Waals surface area contributed by atoms with Crippen LogP contribution in [-0.2, 0) is 0 Å². The van der Waals surface area contributed by atoms with Gasteiger partial charge in [-0.2, -0.15) is 0 Å². The van der Waals surface area contributed by atoms with Crippen LogP contribution in [0.25, 0.3) is 0 Å². The van der Waals surface area contributed by atoms with Gasteiger partial charge in [-0.15, -0.1) is 0 Å². The average molecular weight is 298 g/mol. The fourth-order valence-corrected chi connectivity index (χ4v) is 2.04. The van der Waals surface area contributed by atoms with E-state index < -0.39 is 0 Å². The minimum Gasteiger partial charge on any atom is -0.322 e. The van der Waals surface area contributed by atoms with E-state index >= 15 is 0 Å². The number of urea groups is 1. The Kier molecular flexibility index (Phi) is 4.02. The van der Waals surface area contributed by atoms with Crippen molar-refractivity contribution in [3.05, 3.63) is 28.2 Å². The summed E-state index contributed by atoms with van der Waals surface area (Å²) in [7, 11) is 0. The predicted molar refractivity (Wildman–Crippen MR) is 72.3 cm³/mol. The molecule has 0 saturated carbocycles. The third-order valence-electron chi connectivity index (χ3n) is 2.81. The molecule has 0 aliphatic carbocycles. The molecule has 0 aromatic heterocycles. The summed E-state index contributed by atoms with van der Waals surface area (Å²) >= 11 is 3.44. The Bertz CT molecular complexity index is 416. The van der Waals surface area contributed by atoms with Crippen molar-refractivity contribution in [3.8, 4) is 0 Å². The molecule has 0 radical (unpaired) electrons. The van der Waals surface area contributed by atoms with Crippen LogP contribution in [0.2, 0.25) is 0 Å². The molecular formula is C12H16BrN3O. The first-order valence-electron chi connectivity index (χ1n) is 5.69. The van der Waals surface area contributed by atoms with Crippen molar-refractivity contribution < 1.29 is 4.79 Å². The van der Waals surface area contributed by atoms with E-state index in [1.54, 1.807) is 0 Å².